The number of carbonyl (C=O) groups is 1. The summed E-state index contributed by atoms with van der Waals surface area (Å²) in [6.07, 6.45) is 2.82. The van der Waals surface area contributed by atoms with E-state index in [0.717, 1.165) is 17.8 Å². The summed E-state index contributed by atoms with van der Waals surface area (Å²) < 4.78 is 9.31. The van der Waals surface area contributed by atoms with E-state index >= 15 is 0 Å². The Balaban J connectivity index is 1.43. The van der Waals surface area contributed by atoms with Gasteiger partial charge in [0.2, 0.25) is 5.91 Å². The predicted molar refractivity (Wildman–Crippen MR) is 91.4 cm³/mol. The number of nitrogens with zero attached hydrogens (tertiary/aromatic N) is 6. The average Bonchev–Trinajstić information content (AvgIpc) is 3.09. The molecule has 26 heavy (non-hydrogen) atoms. The Kier molecular flexibility index (Phi) is 4.31. The number of carbonyl (C=O) groups excluding carboxylic acids is 1. The van der Waals surface area contributed by atoms with Gasteiger partial charge in [-0.15, -0.1) is 5.10 Å². The number of hydrogen-bond acceptors (Lipinski definition) is 6. The van der Waals surface area contributed by atoms with Gasteiger partial charge in [-0.2, -0.15) is 4.98 Å². The number of likely N-dealkylation sites (tertiary alicyclic amines) is 1. The van der Waals surface area contributed by atoms with Crippen molar-refractivity contribution < 1.29 is 9.53 Å². The fourth-order valence-corrected chi connectivity index (χ4v) is 3.82. The molecule has 0 N–H and O–H groups in total. The molecule has 0 radical (unpaired) electrons. The largest absolute Gasteiger partial charge is 0.370 e. The average molecular weight is 358 g/mol. The molecular formula is C17H22N6O3. The van der Waals surface area contributed by atoms with Gasteiger partial charge < -0.3 is 9.64 Å². The van der Waals surface area contributed by atoms with Gasteiger partial charge in [0.1, 0.15) is 0 Å². The minimum Gasteiger partial charge on any atom is -0.370 e. The van der Waals surface area contributed by atoms with E-state index in [-0.39, 0.29) is 30.2 Å². The molecule has 4 rings (SSSR count). The highest BCUT2D eigenvalue weighted by Crippen LogP contribution is 2.30. The van der Waals surface area contributed by atoms with Crippen molar-refractivity contribution in [3.05, 3.63) is 39.8 Å². The molecule has 2 aliphatic rings. The van der Waals surface area contributed by atoms with Crippen LogP contribution in [0.2, 0.25) is 0 Å². The normalized spacial score (nSPS) is 22.0. The first-order valence-electron chi connectivity index (χ1n) is 8.86. The van der Waals surface area contributed by atoms with Gasteiger partial charge in [0.15, 0.2) is 0 Å². The summed E-state index contributed by atoms with van der Waals surface area (Å²) >= 11 is 0. The zero-order valence-electron chi connectivity index (χ0n) is 15.0. The summed E-state index contributed by atoms with van der Waals surface area (Å²) in [7, 11) is 0. The Morgan fingerprint density at radius 1 is 1.38 bits per heavy atom. The Bertz CT molecular complexity index is 889. The van der Waals surface area contributed by atoms with Crippen LogP contribution in [0.5, 0.6) is 0 Å². The molecular weight excluding hydrogens is 336 g/mol. The molecule has 1 amide bonds. The van der Waals surface area contributed by atoms with Gasteiger partial charge in [0, 0.05) is 37.4 Å². The lowest BCUT2D eigenvalue weighted by atomic mass is 10.00. The van der Waals surface area contributed by atoms with Crippen LogP contribution < -0.4 is 5.69 Å². The van der Waals surface area contributed by atoms with Gasteiger partial charge in [-0.25, -0.2) is 9.48 Å². The molecule has 9 heteroatoms. The van der Waals surface area contributed by atoms with Crippen molar-refractivity contribution in [3.8, 4) is 0 Å². The summed E-state index contributed by atoms with van der Waals surface area (Å²) in [6.45, 7) is 5.72. The maximum Gasteiger partial charge on any atom is 0.347 e. The molecule has 2 aliphatic heterocycles. The number of aromatic nitrogens is 5. The van der Waals surface area contributed by atoms with Crippen molar-refractivity contribution in [1.29, 1.82) is 0 Å². The lowest BCUT2D eigenvalue weighted by Gasteiger charge is -2.41. The fraction of sp³-hybridized carbons (Fsp3) is 0.588. The van der Waals surface area contributed by atoms with E-state index in [1.807, 2.05) is 22.6 Å². The standard InChI is InChI=1S/C17H22N6O3/c1-11-7-12(2)22(17(25)19-11)6-4-16(24)21-5-3-15-14(9-21)23-13(10-26-15)8-18-20-23/h7-8,14-15H,3-6,9-10H2,1-2H3/t14-,15+/m1/s1. The molecule has 4 heterocycles. The third-order valence-corrected chi connectivity index (χ3v) is 5.18. The first kappa shape index (κ1) is 16.9. The minimum absolute atomic E-state index is 0.00412. The van der Waals surface area contributed by atoms with Crippen molar-refractivity contribution in [1.82, 2.24) is 29.4 Å². The van der Waals surface area contributed by atoms with Gasteiger partial charge >= 0.3 is 5.69 Å². The number of rotatable bonds is 3. The van der Waals surface area contributed by atoms with Crippen molar-refractivity contribution in [2.24, 2.45) is 0 Å². The molecule has 138 valence electrons. The van der Waals surface area contributed by atoms with E-state index in [2.05, 4.69) is 15.3 Å². The van der Waals surface area contributed by atoms with E-state index in [1.165, 1.54) is 0 Å². The third-order valence-electron chi connectivity index (χ3n) is 5.18. The molecule has 0 unspecified atom stereocenters. The zero-order chi connectivity index (χ0) is 18.3. The maximum atomic E-state index is 12.7. The van der Waals surface area contributed by atoms with Gasteiger partial charge in [-0.3, -0.25) is 9.36 Å². The van der Waals surface area contributed by atoms with Gasteiger partial charge in [0.25, 0.3) is 0 Å². The highest BCUT2D eigenvalue weighted by atomic mass is 16.5. The number of hydrogen-bond donors (Lipinski definition) is 0. The highest BCUT2D eigenvalue weighted by Gasteiger charge is 2.37. The molecule has 0 bridgehead atoms. The number of fused-ring (bicyclic) bond motifs is 3. The van der Waals surface area contributed by atoms with Gasteiger partial charge in [0.05, 0.1) is 30.6 Å². The van der Waals surface area contributed by atoms with Crippen LogP contribution in [0.1, 0.15) is 36.0 Å². The first-order valence-corrected chi connectivity index (χ1v) is 8.86. The van der Waals surface area contributed by atoms with Crippen LogP contribution >= 0.6 is 0 Å². The Labute approximate surface area is 150 Å². The number of amides is 1. The molecule has 2 atom stereocenters. The molecule has 2 aromatic rings. The van der Waals surface area contributed by atoms with Crippen LogP contribution in [0, 0.1) is 13.8 Å². The quantitative estimate of drug-likeness (QED) is 0.779. The maximum absolute atomic E-state index is 12.7. The molecule has 0 saturated carbocycles. The highest BCUT2D eigenvalue weighted by molar-refractivity contribution is 5.76. The molecule has 9 nitrogen and oxygen atoms in total. The Morgan fingerprint density at radius 3 is 3.04 bits per heavy atom. The van der Waals surface area contributed by atoms with E-state index in [9.17, 15) is 9.59 Å². The summed E-state index contributed by atoms with van der Waals surface area (Å²) in [5.74, 6) is 0.0302. The van der Waals surface area contributed by atoms with E-state index in [4.69, 9.17) is 4.74 Å². The predicted octanol–water partition coefficient (Wildman–Crippen LogP) is 0.214. The van der Waals surface area contributed by atoms with E-state index < -0.39 is 0 Å². The summed E-state index contributed by atoms with van der Waals surface area (Å²) in [5, 5.41) is 8.11. The lowest BCUT2D eigenvalue weighted by molar-refractivity contribution is -0.138. The van der Waals surface area contributed by atoms with Crippen molar-refractivity contribution in [2.75, 3.05) is 13.1 Å². The summed E-state index contributed by atoms with van der Waals surface area (Å²) in [5.41, 5.74) is 2.15. The monoisotopic (exact) mass is 358 g/mol. The molecule has 1 fully saturated rings. The fourth-order valence-electron chi connectivity index (χ4n) is 3.82. The second kappa shape index (κ2) is 6.64. The molecule has 0 spiro atoms. The first-order chi connectivity index (χ1) is 12.5. The molecule has 1 saturated heterocycles. The van der Waals surface area contributed by atoms with Crippen molar-refractivity contribution in [2.45, 2.75) is 52.0 Å². The minimum atomic E-state index is -0.304. The second-order valence-corrected chi connectivity index (χ2v) is 6.94. The summed E-state index contributed by atoms with van der Waals surface area (Å²) in [6, 6.07) is 1.85. The number of ether oxygens (including phenoxy) is 1. The number of piperidine rings is 1. The number of aryl methyl sites for hydroxylation is 2. The summed E-state index contributed by atoms with van der Waals surface area (Å²) in [4.78, 5) is 30.5. The SMILES string of the molecule is Cc1cc(C)n(CCC(=O)N2CC[C@@H]3OCc4cnnn4[C@@H]3C2)c(=O)n1. The Morgan fingerprint density at radius 2 is 2.23 bits per heavy atom. The Hall–Kier alpha value is -2.55. The van der Waals surface area contributed by atoms with Crippen LogP contribution in [0.15, 0.2) is 17.1 Å². The smallest absolute Gasteiger partial charge is 0.347 e. The van der Waals surface area contributed by atoms with Gasteiger partial charge in [-0.1, -0.05) is 5.21 Å². The zero-order valence-corrected chi connectivity index (χ0v) is 15.0. The van der Waals surface area contributed by atoms with Gasteiger partial charge in [-0.05, 0) is 26.3 Å². The van der Waals surface area contributed by atoms with E-state index in [1.54, 1.807) is 17.7 Å². The van der Waals surface area contributed by atoms with Crippen LogP contribution in [-0.4, -0.2) is 54.5 Å². The molecule has 0 aliphatic carbocycles. The molecule has 2 aromatic heterocycles. The van der Waals surface area contributed by atoms with Crippen LogP contribution in [0.4, 0.5) is 0 Å². The topological polar surface area (TPSA) is 95.1 Å². The van der Waals surface area contributed by atoms with Crippen LogP contribution in [-0.2, 0) is 22.7 Å². The van der Waals surface area contributed by atoms with E-state index in [0.29, 0.717) is 31.9 Å². The molecule has 0 aromatic carbocycles. The van der Waals surface area contributed by atoms with Crippen LogP contribution in [0.25, 0.3) is 0 Å². The van der Waals surface area contributed by atoms with Crippen molar-refractivity contribution in [3.63, 3.8) is 0 Å². The van der Waals surface area contributed by atoms with Crippen LogP contribution in [0.3, 0.4) is 0 Å². The lowest BCUT2D eigenvalue weighted by Crippen LogP contribution is -2.50. The second-order valence-electron chi connectivity index (χ2n) is 6.94. The van der Waals surface area contributed by atoms with Crippen molar-refractivity contribution >= 4 is 5.91 Å². The third kappa shape index (κ3) is 3.03.